The lowest BCUT2D eigenvalue weighted by molar-refractivity contribution is -0.870. The zero-order valence-electron chi connectivity index (χ0n) is 20.7. The van der Waals surface area contributed by atoms with E-state index in [2.05, 4.69) is 41.6 Å². The van der Waals surface area contributed by atoms with Gasteiger partial charge in [0.1, 0.15) is 38.7 Å². The molecule has 0 atom stereocenters. The third kappa shape index (κ3) is 14.8. The van der Waals surface area contributed by atoms with E-state index >= 15 is 0 Å². The molecule has 1 aromatic carbocycles. The smallest absolute Gasteiger partial charge is 0.488 e. The molecular formula is C24H38NO6S2+. The lowest BCUT2D eigenvalue weighted by atomic mass is 10.2. The van der Waals surface area contributed by atoms with Crippen LogP contribution in [0.25, 0.3) is 0 Å². The van der Waals surface area contributed by atoms with E-state index in [0.29, 0.717) is 30.3 Å². The summed E-state index contributed by atoms with van der Waals surface area (Å²) in [7, 11) is 6.36. The summed E-state index contributed by atoms with van der Waals surface area (Å²) in [6.07, 6.45) is -0.684. The third-order valence-electron chi connectivity index (χ3n) is 4.18. The van der Waals surface area contributed by atoms with Crippen LogP contribution in [0.2, 0.25) is 0 Å². The Hall–Kier alpha value is -1.84. The Labute approximate surface area is 206 Å². The van der Waals surface area contributed by atoms with E-state index < -0.39 is 6.16 Å². The van der Waals surface area contributed by atoms with Gasteiger partial charge in [-0.2, -0.15) is 0 Å². The van der Waals surface area contributed by atoms with Crippen LogP contribution in [0.15, 0.2) is 36.4 Å². The number of benzene rings is 1. The molecule has 186 valence electrons. The third-order valence-corrected chi connectivity index (χ3v) is 7.02. The highest BCUT2D eigenvalue weighted by Crippen LogP contribution is 2.36. The van der Waals surface area contributed by atoms with Gasteiger partial charge in [0.2, 0.25) is 0 Å². The highest BCUT2D eigenvalue weighted by molar-refractivity contribution is 8.18. The molecule has 0 aliphatic rings. The number of rotatable bonds is 15. The Morgan fingerprint density at radius 2 is 1.52 bits per heavy atom. The summed E-state index contributed by atoms with van der Waals surface area (Å²) in [6, 6.07) is 7.49. The van der Waals surface area contributed by atoms with Crippen LogP contribution in [-0.2, 0) is 25.6 Å². The summed E-state index contributed by atoms with van der Waals surface area (Å²) in [5, 5.41) is 0. The maximum absolute atomic E-state index is 11.8. The lowest BCUT2D eigenvalue weighted by Crippen LogP contribution is -2.38. The minimum atomic E-state index is -0.684. The number of carbonyl (C=O) groups is 2. The summed E-state index contributed by atoms with van der Waals surface area (Å²) in [4.78, 5) is 23.2. The van der Waals surface area contributed by atoms with Crippen molar-refractivity contribution in [2.45, 2.75) is 31.5 Å². The summed E-state index contributed by atoms with van der Waals surface area (Å²) >= 11 is 3.35. The summed E-state index contributed by atoms with van der Waals surface area (Å²) in [6.45, 7) is 11.6. The van der Waals surface area contributed by atoms with Crippen molar-refractivity contribution in [3.8, 4) is 5.75 Å². The number of likely N-dealkylation sites (N-methyl/N-ethyl adjacent to an activating group) is 1. The van der Waals surface area contributed by atoms with Crippen molar-refractivity contribution < 1.29 is 33.0 Å². The molecule has 0 aromatic heterocycles. The van der Waals surface area contributed by atoms with Crippen LogP contribution in [0.4, 0.5) is 4.79 Å². The van der Waals surface area contributed by atoms with E-state index in [-0.39, 0.29) is 23.3 Å². The van der Waals surface area contributed by atoms with E-state index in [4.69, 9.17) is 18.9 Å². The zero-order chi connectivity index (χ0) is 24.9. The number of carbonyl (C=O) groups excluding carboxylic acids is 2. The second-order valence-electron chi connectivity index (χ2n) is 8.91. The second kappa shape index (κ2) is 14.4. The SMILES string of the molecule is C=C(C)C(=O)OCCSC(C)(C)SCCOC(=O)OCc1ccc(OCC[N+](C)(C)C)cc1. The van der Waals surface area contributed by atoms with Gasteiger partial charge in [-0.25, -0.2) is 9.59 Å². The number of quaternary nitrogens is 1. The maximum atomic E-state index is 11.8. The van der Waals surface area contributed by atoms with Gasteiger partial charge in [0.05, 0.1) is 25.2 Å². The van der Waals surface area contributed by atoms with Crippen molar-refractivity contribution in [2.75, 3.05) is 59.0 Å². The van der Waals surface area contributed by atoms with Crippen molar-refractivity contribution in [2.24, 2.45) is 0 Å². The van der Waals surface area contributed by atoms with Crippen LogP contribution in [0.1, 0.15) is 26.3 Å². The standard InChI is InChI=1S/C24H38NO6S2/c1-19(2)22(26)29-14-16-32-24(3,4)33-17-15-30-23(27)31-18-20-8-10-21(11-9-20)28-13-12-25(5,6)7/h8-11H,1,12-18H2,2-7H3/q+1. The fraction of sp³-hybridized carbons (Fsp3) is 0.583. The van der Waals surface area contributed by atoms with Gasteiger partial charge in [-0.15, -0.1) is 23.5 Å². The first-order valence-corrected chi connectivity index (χ1v) is 12.8. The van der Waals surface area contributed by atoms with Crippen molar-refractivity contribution in [1.82, 2.24) is 0 Å². The van der Waals surface area contributed by atoms with Crippen LogP contribution in [0.5, 0.6) is 5.75 Å². The fourth-order valence-corrected chi connectivity index (χ4v) is 4.45. The van der Waals surface area contributed by atoms with E-state index in [1.807, 2.05) is 24.3 Å². The molecule has 0 radical (unpaired) electrons. The first kappa shape index (κ1) is 29.2. The predicted molar refractivity (Wildman–Crippen MR) is 136 cm³/mol. The van der Waals surface area contributed by atoms with Gasteiger partial charge < -0.3 is 23.4 Å². The van der Waals surface area contributed by atoms with Crippen molar-refractivity contribution in [3.63, 3.8) is 0 Å². The van der Waals surface area contributed by atoms with Crippen molar-refractivity contribution >= 4 is 35.6 Å². The van der Waals surface area contributed by atoms with Crippen LogP contribution in [-0.4, -0.2) is 79.7 Å². The molecule has 0 aliphatic carbocycles. The number of hydrogen-bond acceptors (Lipinski definition) is 8. The Bertz CT molecular complexity index is 759. The number of nitrogens with zero attached hydrogens (tertiary/aromatic N) is 1. The molecule has 0 saturated carbocycles. The van der Waals surface area contributed by atoms with Gasteiger partial charge >= 0.3 is 12.1 Å². The van der Waals surface area contributed by atoms with Gasteiger partial charge in [0.25, 0.3) is 0 Å². The largest absolute Gasteiger partial charge is 0.508 e. The van der Waals surface area contributed by atoms with Gasteiger partial charge in [-0.05, 0) is 38.5 Å². The molecule has 0 N–H and O–H groups in total. The second-order valence-corrected chi connectivity index (χ2v) is 12.6. The first-order chi connectivity index (χ1) is 15.4. The Morgan fingerprint density at radius 3 is 2.06 bits per heavy atom. The Balaban J connectivity index is 2.17. The summed E-state index contributed by atoms with van der Waals surface area (Å²) in [5.41, 5.74) is 1.26. The van der Waals surface area contributed by atoms with E-state index in [1.165, 1.54) is 0 Å². The fourth-order valence-electron chi connectivity index (χ4n) is 2.30. The monoisotopic (exact) mass is 500 g/mol. The topological polar surface area (TPSA) is 71.1 Å². The average Bonchev–Trinajstić information content (AvgIpc) is 2.72. The maximum Gasteiger partial charge on any atom is 0.508 e. The molecule has 0 bridgehead atoms. The number of thioether (sulfide) groups is 2. The van der Waals surface area contributed by atoms with Gasteiger partial charge in [-0.3, -0.25) is 0 Å². The molecular weight excluding hydrogens is 462 g/mol. The Morgan fingerprint density at radius 1 is 0.939 bits per heavy atom. The molecule has 0 heterocycles. The predicted octanol–water partition coefficient (Wildman–Crippen LogP) is 4.75. The molecule has 0 unspecified atom stereocenters. The molecule has 7 nitrogen and oxygen atoms in total. The van der Waals surface area contributed by atoms with Crippen LogP contribution in [0, 0.1) is 0 Å². The highest BCUT2D eigenvalue weighted by Gasteiger charge is 2.19. The minimum absolute atomic E-state index is 0.0986. The van der Waals surface area contributed by atoms with Crippen molar-refractivity contribution in [1.29, 1.82) is 0 Å². The van der Waals surface area contributed by atoms with E-state index in [0.717, 1.165) is 22.3 Å². The molecule has 0 spiro atoms. The average molecular weight is 501 g/mol. The quantitative estimate of drug-likeness (QED) is 0.112. The molecule has 0 amide bonds. The number of hydrogen-bond donors (Lipinski definition) is 0. The van der Waals surface area contributed by atoms with Gasteiger partial charge in [0.15, 0.2) is 0 Å². The van der Waals surface area contributed by atoms with Crippen molar-refractivity contribution in [3.05, 3.63) is 42.0 Å². The first-order valence-electron chi connectivity index (χ1n) is 10.8. The zero-order valence-corrected chi connectivity index (χ0v) is 22.3. The minimum Gasteiger partial charge on any atom is -0.488 e. The number of esters is 1. The van der Waals surface area contributed by atoms with E-state index in [9.17, 15) is 9.59 Å². The lowest BCUT2D eigenvalue weighted by Gasteiger charge is -2.23. The Kier molecular flexibility index (Phi) is 12.8. The molecule has 1 rings (SSSR count). The number of ether oxygens (including phenoxy) is 4. The molecule has 0 aliphatic heterocycles. The molecule has 1 aromatic rings. The van der Waals surface area contributed by atoms with Crippen LogP contribution in [0.3, 0.4) is 0 Å². The van der Waals surface area contributed by atoms with Crippen LogP contribution < -0.4 is 4.74 Å². The normalized spacial score (nSPS) is 11.6. The van der Waals surface area contributed by atoms with Gasteiger partial charge in [0, 0.05) is 17.1 Å². The van der Waals surface area contributed by atoms with E-state index in [1.54, 1.807) is 30.4 Å². The summed E-state index contributed by atoms with van der Waals surface area (Å²) in [5.74, 6) is 1.75. The molecule has 0 saturated heterocycles. The van der Waals surface area contributed by atoms with Gasteiger partial charge in [-0.1, -0.05) is 18.7 Å². The molecule has 0 fully saturated rings. The summed E-state index contributed by atoms with van der Waals surface area (Å²) < 4.78 is 21.9. The molecule has 9 heteroatoms. The molecule has 33 heavy (non-hydrogen) atoms. The van der Waals surface area contributed by atoms with Crippen LogP contribution >= 0.6 is 23.5 Å². The highest BCUT2D eigenvalue weighted by atomic mass is 32.2.